The van der Waals surface area contributed by atoms with Crippen LogP contribution in [0.4, 0.5) is 0 Å². The second-order valence-electron chi connectivity index (χ2n) is 5.97. The van der Waals surface area contributed by atoms with Crippen molar-refractivity contribution < 1.29 is 5.11 Å². The van der Waals surface area contributed by atoms with Crippen LogP contribution >= 0.6 is 0 Å². The number of hydrogen-bond donors (Lipinski definition) is 1. The Morgan fingerprint density at radius 1 is 1.24 bits per heavy atom. The predicted molar refractivity (Wildman–Crippen MR) is 72.0 cm³/mol. The number of nitrogens with zero attached hydrogens (tertiary/aromatic N) is 1. The van der Waals surface area contributed by atoms with E-state index in [4.69, 9.17) is 0 Å². The van der Waals surface area contributed by atoms with Crippen LogP contribution in [0, 0.1) is 5.92 Å². The summed E-state index contributed by atoms with van der Waals surface area (Å²) in [5, 5.41) is 10.2. The maximum absolute atomic E-state index is 10.2. The molecule has 3 atom stereocenters. The quantitative estimate of drug-likeness (QED) is 0.760. The van der Waals surface area contributed by atoms with Gasteiger partial charge in [0.05, 0.1) is 6.10 Å². The van der Waals surface area contributed by atoms with E-state index in [1.54, 1.807) is 0 Å². The molecule has 1 aliphatic carbocycles. The molecule has 2 nitrogen and oxygen atoms in total. The number of rotatable bonds is 4. The van der Waals surface area contributed by atoms with E-state index >= 15 is 0 Å². The average Bonchev–Trinajstić information content (AvgIpc) is 2.75. The van der Waals surface area contributed by atoms with Crippen LogP contribution in [0.15, 0.2) is 12.2 Å². The van der Waals surface area contributed by atoms with E-state index in [2.05, 4.69) is 18.4 Å². The molecule has 98 valence electrons. The van der Waals surface area contributed by atoms with Crippen LogP contribution in [-0.2, 0) is 0 Å². The maximum Gasteiger partial charge on any atom is 0.0583 e. The summed E-state index contributed by atoms with van der Waals surface area (Å²) in [5.74, 6) is 0.538. The van der Waals surface area contributed by atoms with Gasteiger partial charge in [-0.3, -0.25) is 4.90 Å². The summed E-state index contributed by atoms with van der Waals surface area (Å²) in [6, 6.07) is 0.643. The van der Waals surface area contributed by atoms with Crippen molar-refractivity contribution in [2.75, 3.05) is 13.1 Å². The lowest BCUT2D eigenvalue weighted by atomic mass is 9.80. The van der Waals surface area contributed by atoms with Crippen molar-refractivity contribution in [1.82, 2.24) is 4.90 Å². The Hall–Kier alpha value is -0.340. The third-order valence-electron chi connectivity index (χ3n) is 4.52. The van der Waals surface area contributed by atoms with Crippen molar-refractivity contribution in [3.05, 3.63) is 12.2 Å². The van der Waals surface area contributed by atoms with Crippen molar-refractivity contribution >= 4 is 0 Å². The topological polar surface area (TPSA) is 23.5 Å². The van der Waals surface area contributed by atoms with Gasteiger partial charge in [0, 0.05) is 18.5 Å². The Kier molecular flexibility index (Phi) is 4.63. The van der Waals surface area contributed by atoms with Crippen molar-refractivity contribution in [1.29, 1.82) is 0 Å². The van der Waals surface area contributed by atoms with Crippen LogP contribution in [0.3, 0.4) is 0 Å². The third-order valence-corrected chi connectivity index (χ3v) is 4.52. The number of aliphatic hydroxyl groups excluding tert-OH is 1. The normalized spacial score (nSPS) is 35.1. The minimum Gasteiger partial charge on any atom is -0.393 e. The van der Waals surface area contributed by atoms with E-state index in [0.29, 0.717) is 12.0 Å². The molecule has 0 radical (unpaired) electrons. The first-order chi connectivity index (χ1) is 8.18. The second-order valence-corrected chi connectivity index (χ2v) is 5.97. The summed E-state index contributed by atoms with van der Waals surface area (Å²) in [4.78, 5) is 2.61. The summed E-state index contributed by atoms with van der Waals surface area (Å²) in [6.07, 6.45) is 8.45. The lowest BCUT2D eigenvalue weighted by molar-refractivity contribution is 0.0225. The largest absolute Gasteiger partial charge is 0.393 e. The van der Waals surface area contributed by atoms with Gasteiger partial charge in [-0.05, 0) is 45.6 Å². The highest BCUT2D eigenvalue weighted by molar-refractivity contribution is 4.94. The molecule has 0 bridgehead atoms. The summed E-state index contributed by atoms with van der Waals surface area (Å²) >= 11 is 0. The molecule has 17 heavy (non-hydrogen) atoms. The summed E-state index contributed by atoms with van der Waals surface area (Å²) in [5.41, 5.74) is 1.28. The molecule has 1 aliphatic heterocycles. The highest BCUT2D eigenvalue weighted by Crippen LogP contribution is 2.34. The molecule has 1 saturated carbocycles. The Balaban J connectivity index is 1.91. The van der Waals surface area contributed by atoms with Crippen molar-refractivity contribution in [2.45, 2.75) is 64.0 Å². The minimum absolute atomic E-state index is 0.0424. The fraction of sp³-hybridized carbons (Fsp3) is 0.867. The van der Waals surface area contributed by atoms with E-state index in [0.717, 1.165) is 19.4 Å². The van der Waals surface area contributed by atoms with Gasteiger partial charge in [0.15, 0.2) is 0 Å². The van der Waals surface area contributed by atoms with E-state index in [-0.39, 0.29) is 6.10 Å². The average molecular weight is 237 g/mol. The van der Waals surface area contributed by atoms with E-state index in [1.165, 1.54) is 44.2 Å². The molecule has 1 heterocycles. The molecular weight excluding hydrogens is 210 g/mol. The fourth-order valence-corrected chi connectivity index (χ4v) is 3.54. The van der Waals surface area contributed by atoms with Crippen molar-refractivity contribution in [2.24, 2.45) is 5.92 Å². The Labute approximate surface area is 106 Å². The highest BCUT2D eigenvalue weighted by atomic mass is 16.3. The third kappa shape index (κ3) is 3.32. The van der Waals surface area contributed by atoms with Gasteiger partial charge in [-0.1, -0.05) is 18.4 Å². The highest BCUT2D eigenvalue weighted by Gasteiger charge is 2.36. The van der Waals surface area contributed by atoms with Gasteiger partial charge in [-0.15, -0.1) is 6.58 Å². The van der Waals surface area contributed by atoms with Gasteiger partial charge >= 0.3 is 0 Å². The molecule has 0 amide bonds. The monoisotopic (exact) mass is 237 g/mol. The van der Waals surface area contributed by atoms with Gasteiger partial charge in [-0.25, -0.2) is 0 Å². The standard InChI is InChI=1S/C15H27NO/c1-12(2)9-11-16-10-5-7-14(16)13-6-3-4-8-15(13)17/h13-15,17H,1,3-11H2,2H3. The molecule has 0 aromatic rings. The smallest absolute Gasteiger partial charge is 0.0583 e. The lowest BCUT2D eigenvalue weighted by Crippen LogP contribution is -2.42. The van der Waals surface area contributed by atoms with Crippen LogP contribution < -0.4 is 0 Å². The number of likely N-dealkylation sites (tertiary alicyclic amines) is 1. The van der Waals surface area contributed by atoms with Crippen LogP contribution in [0.2, 0.25) is 0 Å². The second kappa shape index (κ2) is 6.01. The fourth-order valence-electron chi connectivity index (χ4n) is 3.54. The summed E-state index contributed by atoms with van der Waals surface area (Å²) < 4.78 is 0. The molecule has 3 unspecified atom stereocenters. The molecular formula is C15H27NO. The first-order valence-corrected chi connectivity index (χ1v) is 7.25. The zero-order valence-electron chi connectivity index (χ0n) is 11.2. The van der Waals surface area contributed by atoms with Crippen molar-refractivity contribution in [3.8, 4) is 0 Å². The Morgan fingerprint density at radius 3 is 2.71 bits per heavy atom. The van der Waals surface area contributed by atoms with Crippen molar-refractivity contribution in [3.63, 3.8) is 0 Å². The first kappa shape index (κ1) is 13.1. The SMILES string of the molecule is C=C(C)CCN1CCCC1C1CCCCC1O. The van der Waals surface area contributed by atoms with E-state index in [9.17, 15) is 5.11 Å². The molecule has 2 heteroatoms. The summed E-state index contributed by atoms with van der Waals surface area (Å²) in [6.45, 7) is 8.47. The molecule has 0 spiro atoms. The molecule has 1 N–H and O–H groups in total. The summed E-state index contributed by atoms with van der Waals surface area (Å²) in [7, 11) is 0. The Bertz CT molecular complexity index is 264. The molecule has 0 aromatic carbocycles. The van der Waals surface area contributed by atoms with E-state index in [1.807, 2.05) is 0 Å². The number of hydrogen-bond acceptors (Lipinski definition) is 2. The van der Waals surface area contributed by atoms with E-state index < -0.39 is 0 Å². The van der Waals surface area contributed by atoms with Gasteiger partial charge in [0.25, 0.3) is 0 Å². The maximum atomic E-state index is 10.2. The van der Waals surface area contributed by atoms with Gasteiger partial charge in [-0.2, -0.15) is 0 Å². The predicted octanol–water partition coefficient (Wildman–Crippen LogP) is 2.97. The molecule has 2 rings (SSSR count). The zero-order chi connectivity index (χ0) is 12.3. The van der Waals surface area contributed by atoms with Crippen LogP contribution in [-0.4, -0.2) is 35.2 Å². The molecule has 2 fully saturated rings. The molecule has 1 saturated heterocycles. The van der Waals surface area contributed by atoms with Crippen LogP contribution in [0.1, 0.15) is 51.9 Å². The molecule has 2 aliphatic rings. The molecule has 0 aromatic heterocycles. The first-order valence-electron chi connectivity index (χ1n) is 7.25. The lowest BCUT2D eigenvalue weighted by Gasteiger charge is -2.37. The van der Waals surface area contributed by atoms with Crippen LogP contribution in [0.25, 0.3) is 0 Å². The van der Waals surface area contributed by atoms with Crippen LogP contribution in [0.5, 0.6) is 0 Å². The van der Waals surface area contributed by atoms with Gasteiger partial charge < -0.3 is 5.11 Å². The minimum atomic E-state index is -0.0424. The van der Waals surface area contributed by atoms with Gasteiger partial charge in [0.2, 0.25) is 0 Å². The number of aliphatic hydroxyl groups is 1. The zero-order valence-corrected chi connectivity index (χ0v) is 11.2. The Morgan fingerprint density at radius 2 is 2.00 bits per heavy atom. The van der Waals surface area contributed by atoms with Gasteiger partial charge in [0.1, 0.15) is 0 Å².